The van der Waals surface area contributed by atoms with Crippen LogP contribution in [0, 0.1) is 23.7 Å². The number of allylic oxidation sites excluding steroid dienone is 1. The Hall–Kier alpha value is 0.440. The summed E-state index contributed by atoms with van der Waals surface area (Å²) in [6.45, 7) is 0. The van der Waals surface area contributed by atoms with Gasteiger partial charge in [0.25, 0.3) is 0 Å². The van der Waals surface area contributed by atoms with Crippen LogP contribution in [0.4, 0.5) is 0 Å². The van der Waals surface area contributed by atoms with Gasteiger partial charge in [0.2, 0.25) is 0 Å². The number of hydrogen-bond donors (Lipinski definition) is 0. The zero-order valence-corrected chi connectivity index (χ0v) is 11.4. The molecule has 0 atom stereocenters. The van der Waals surface area contributed by atoms with Gasteiger partial charge in [-0.25, -0.2) is 0 Å². The highest BCUT2D eigenvalue weighted by Gasteiger charge is 2.46. The fourth-order valence-electron chi connectivity index (χ4n) is 4.62. The Morgan fingerprint density at radius 3 is 1.88 bits per heavy atom. The average Bonchev–Trinajstić information content (AvgIpc) is 2.29. The highest BCUT2D eigenvalue weighted by atomic mass is 32.2. The van der Waals surface area contributed by atoms with E-state index < -0.39 is 0 Å². The van der Waals surface area contributed by atoms with E-state index in [2.05, 4.69) is 23.5 Å². The topological polar surface area (TPSA) is 0 Å². The third-order valence-corrected chi connectivity index (χ3v) is 7.70. The molecule has 88 valence electrons. The van der Waals surface area contributed by atoms with E-state index in [1.54, 1.807) is 36.3 Å². The lowest BCUT2D eigenvalue weighted by Gasteiger charge is -2.52. The minimum absolute atomic E-state index is 1.02. The van der Waals surface area contributed by atoms with Crippen molar-refractivity contribution in [2.45, 2.75) is 38.5 Å². The lowest BCUT2D eigenvalue weighted by Crippen LogP contribution is -2.40. The van der Waals surface area contributed by atoms with Crippen molar-refractivity contribution in [2.75, 3.05) is 11.5 Å². The molecule has 0 amide bonds. The third kappa shape index (κ3) is 1.59. The largest absolute Gasteiger partial charge is 0.119 e. The molecule has 5 aliphatic rings. The molecule has 0 radical (unpaired) electrons. The van der Waals surface area contributed by atoms with Crippen LogP contribution in [0.15, 0.2) is 9.81 Å². The van der Waals surface area contributed by atoms with Gasteiger partial charge in [-0.05, 0) is 79.3 Å². The Bertz CT molecular complexity index is 294. The predicted octanol–water partition coefficient (Wildman–Crippen LogP) is 4.52. The minimum atomic E-state index is 1.02. The molecule has 0 spiro atoms. The quantitative estimate of drug-likeness (QED) is 0.621. The van der Waals surface area contributed by atoms with Gasteiger partial charge >= 0.3 is 0 Å². The molecule has 1 heterocycles. The molecule has 5 fully saturated rings. The van der Waals surface area contributed by atoms with E-state index in [1.165, 1.54) is 17.9 Å². The lowest BCUT2D eigenvalue weighted by atomic mass is 9.54. The van der Waals surface area contributed by atoms with Crippen LogP contribution in [0.5, 0.6) is 0 Å². The molecule has 0 nitrogen and oxygen atoms in total. The summed E-state index contributed by atoms with van der Waals surface area (Å²) in [5, 5.41) is 0. The lowest BCUT2D eigenvalue weighted by molar-refractivity contribution is 0.0698. The molecule has 0 aromatic heterocycles. The third-order valence-electron chi connectivity index (χ3n) is 5.01. The maximum absolute atomic E-state index is 2.19. The summed E-state index contributed by atoms with van der Waals surface area (Å²) in [6, 6.07) is 0. The van der Waals surface area contributed by atoms with Crippen LogP contribution in [-0.4, -0.2) is 11.5 Å². The highest BCUT2D eigenvalue weighted by Crippen LogP contribution is 2.59. The van der Waals surface area contributed by atoms with Crippen molar-refractivity contribution in [1.82, 2.24) is 0 Å². The van der Waals surface area contributed by atoms with Crippen molar-refractivity contribution in [1.29, 1.82) is 0 Å². The number of hydrogen-bond acceptors (Lipinski definition) is 2. The summed E-state index contributed by atoms with van der Waals surface area (Å²) in [4.78, 5) is 0. The van der Waals surface area contributed by atoms with Gasteiger partial charge in [-0.2, -0.15) is 0 Å². The zero-order chi connectivity index (χ0) is 10.5. The van der Waals surface area contributed by atoms with Crippen LogP contribution >= 0.6 is 23.5 Å². The summed E-state index contributed by atoms with van der Waals surface area (Å²) in [5.41, 5.74) is 1.95. The smallest absolute Gasteiger partial charge is 0.0398 e. The highest BCUT2D eigenvalue weighted by molar-refractivity contribution is 8.22. The molecule has 2 heteroatoms. The van der Waals surface area contributed by atoms with Crippen LogP contribution < -0.4 is 0 Å². The zero-order valence-electron chi connectivity index (χ0n) is 9.78. The molecule has 0 aromatic carbocycles. The van der Waals surface area contributed by atoms with Crippen LogP contribution in [-0.2, 0) is 0 Å². The molecule has 0 N–H and O–H groups in total. The molecule has 4 aliphatic carbocycles. The van der Waals surface area contributed by atoms with Gasteiger partial charge in [0.15, 0.2) is 0 Å². The Morgan fingerprint density at radius 2 is 1.31 bits per heavy atom. The fourth-order valence-corrected chi connectivity index (χ4v) is 7.59. The minimum Gasteiger partial charge on any atom is -0.119 e. The molecular weight excluding hydrogens is 232 g/mol. The summed E-state index contributed by atoms with van der Waals surface area (Å²) in [6.07, 6.45) is 9.20. The summed E-state index contributed by atoms with van der Waals surface area (Å²) in [7, 11) is 0. The summed E-state index contributed by atoms with van der Waals surface area (Å²) < 4.78 is 1.78. The van der Waals surface area contributed by atoms with E-state index in [-0.39, 0.29) is 0 Å². The van der Waals surface area contributed by atoms with E-state index in [4.69, 9.17) is 0 Å². The van der Waals surface area contributed by atoms with Gasteiger partial charge in [-0.3, -0.25) is 0 Å². The van der Waals surface area contributed by atoms with Gasteiger partial charge in [-0.15, -0.1) is 23.5 Å². The molecule has 16 heavy (non-hydrogen) atoms. The number of rotatable bonds is 0. The standard InChI is InChI=1S/C14H20S2/c1-2-15-14(16-3-1)13-11-5-9-4-10(7-11)8-12(13)6-9/h9-12H,1-8H2. The Morgan fingerprint density at radius 1 is 0.750 bits per heavy atom. The second-order valence-electron chi connectivity index (χ2n) is 6.10. The second-order valence-corrected chi connectivity index (χ2v) is 8.57. The van der Waals surface area contributed by atoms with Gasteiger partial charge in [0.05, 0.1) is 0 Å². The van der Waals surface area contributed by atoms with E-state index in [9.17, 15) is 0 Å². The van der Waals surface area contributed by atoms with Crippen molar-refractivity contribution < 1.29 is 0 Å². The van der Waals surface area contributed by atoms with Crippen LogP contribution in [0.2, 0.25) is 0 Å². The van der Waals surface area contributed by atoms with E-state index >= 15 is 0 Å². The molecule has 1 aliphatic heterocycles. The van der Waals surface area contributed by atoms with E-state index in [0.717, 1.165) is 23.7 Å². The predicted molar refractivity (Wildman–Crippen MR) is 73.6 cm³/mol. The first-order valence-electron chi connectivity index (χ1n) is 6.90. The summed E-state index contributed by atoms with van der Waals surface area (Å²) in [5.74, 6) is 7.04. The van der Waals surface area contributed by atoms with Gasteiger partial charge in [0, 0.05) is 4.24 Å². The van der Waals surface area contributed by atoms with Crippen LogP contribution in [0.1, 0.15) is 38.5 Å². The molecule has 5 rings (SSSR count). The summed E-state index contributed by atoms with van der Waals surface area (Å²) >= 11 is 4.37. The number of thioether (sulfide) groups is 2. The maximum atomic E-state index is 2.19. The molecule has 0 unspecified atom stereocenters. The van der Waals surface area contributed by atoms with Crippen molar-refractivity contribution >= 4 is 23.5 Å². The van der Waals surface area contributed by atoms with Crippen LogP contribution in [0.3, 0.4) is 0 Å². The SMILES string of the molecule is C1CSC(=C2C3CC4CC(C3)CC2C4)SC1. The Balaban J connectivity index is 1.68. The normalized spacial score (nSPS) is 46.5. The molecule has 0 aromatic rings. The Kier molecular flexibility index (Phi) is 2.58. The van der Waals surface area contributed by atoms with Crippen molar-refractivity contribution in [3.05, 3.63) is 9.81 Å². The average molecular weight is 252 g/mol. The Labute approximate surface area is 107 Å². The van der Waals surface area contributed by atoms with Gasteiger partial charge in [-0.1, -0.05) is 0 Å². The second kappa shape index (κ2) is 3.98. The van der Waals surface area contributed by atoms with E-state index in [1.807, 2.05) is 5.57 Å². The molecular formula is C14H20S2. The molecule has 4 saturated carbocycles. The van der Waals surface area contributed by atoms with Crippen molar-refractivity contribution in [2.24, 2.45) is 23.7 Å². The molecule has 4 bridgehead atoms. The first kappa shape index (κ1) is 10.4. The van der Waals surface area contributed by atoms with Gasteiger partial charge in [0.1, 0.15) is 0 Å². The van der Waals surface area contributed by atoms with E-state index in [0.29, 0.717) is 0 Å². The first-order valence-corrected chi connectivity index (χ1v) is 8.87. The maximum Gasteiger partial charge on any atom is 0.0398 e. The monoisotopic (exact) mass is 252 g/mol. The fraction of sp³-hybridized carbons (Fsp3) is 0.857. The van der Waals surface area contributed by atoms with Crippen LogP contribution in [0.25, 0.3) is 0 Å². The van der Waals surface area contributed by atoms with Crippen molar-refractivity contribution in [3.8, 4) is 0 Å². The van der Waals surface area contributed by atoms with Crippen molar-refractivity contribution in [3.63, 3.8) is 0 Å². The molecule has 1 saturated heterocycles. The van der Waals surface area contributed by atoms with Gasteiger partial charge < -0.3 is 0 Å². The first-order chi connectivity index (χ1) is 7.90.